The molecule has 5 heteroatoms. The van der Waals surface area contributed by atoms with E-state index in [1.807, 2.05) is 18.2 Å². The van der Waals surface area contributed by atoms with Crippen molar-refractivity contribution in [2.24, 2.45) is 13.0 Å². The van der Waals surface area contributed by atoms with Crippen LogP contribution in [0.25, 0.3) is 10.9 Å². The smallest absolute Gasteiger partial charge is 0.166 e. The summed E-state index contributed by atoms with van der Waals surface area (Å²) >= 11 is 0. The molecule has 5 nitrogen and oxygen atoms in total. The Bertz CT molecular complexity index is 1640. The number of piperidine rings is 1. The minimum atomic E-state index is -0.891. The summed E-state index contributed by atoms with van der Waals surface area (Å²) in [6.45, 7) is 2.61. The molecular weight excluding hydrogens is 484 g/mol. The van der Waals surface area contributed by atoms with Gasteiger partial charge in [0.15, 0.2) is 17.6 Å². The number of aryl methyl sites for hydroxylation is 1. The summed E-state index contributed by atoms with van der Waals surface area (Å²) in [6.07, 6.45) is 4.86. The van der Waals surface area contributed by atoms with E-state index in [-0.39, 0.29) is 12.1 Å². The SMILES string of the molecule is Cn1c2c(c3ccccc31)C[C@@]1(O)[C@H]3Cc4ccc(OCc5ccccc5)c5c4[C@@]1(CCN3CC1CC1)[C@H]2O5. The lowest BCUT2D eigenvalue weighted by atomic mass is 9.49. The molecule has 4 aromatic rings. The Hall–Kier alpha value is -3.28. The van der Waals surface area contributed by atoms with Crippen molar-refractivity contribution in [3.8, 4) is 11.5 Å². The van der Waals surface area contributed by atoms with Gasteiger partial charge in [0.05, 0.1) is 16.7 Å². The summed E-state index contributed by atoms with van der Waals surface area (Å²) < 4.78 is 15.9. The van der Waals surface area contributed by atoms with Crippen LogP contribution in [0, 0.1) is 5.92 Å². The largest absolute Gasteiger partial charge is 0.485 e. The molecule has 1 N–H and O–H groups in total. The van der Waals surface area contributed by atoms with Crippen LogP contribution in [0.1, 0.15) is 53.3 Å². The van der Waals surface area contributed by atoms with E-state index >= 15 is 0 Å². The van der Waals surface area contributed by atoms with E-state index in [2.05, 4.69) is 65.0 Å². The Morgan fingerprint density at radius 1 is 1.03 bits per heavy atom. The van der Waals surface area contributed by atoms with Crippen molar-refractivity contribution in [3.63, 3.8) is 0 Å². The van der Waals surface area contributed by atoms with Crippen molar-refractivity contribution in [1.29, 1.82) is 0 Å². The van der Waals surface area contributed by atoms with Crippen molar-refractivity contribution in [3.05, 3.63) is 94.7 Å². The van der Waals surface area contributed by atoms with Crippen molar-refractivity contribution in [2.45, 2.75) is 61.9 Å². The molecule has 9 rings (SSSR count). The highest BCUT2D eigenvalue weighted by Crippen LogP contribution is 2.69. The molecule has 0 unspecified atom stereocenters. The Kier molecular flexibility index (Phi) is 4.43. The van der Waals surface area contributed by atoms with Crippen molar-refractivity contribution < 1.29 is 14.6 Å². The number of rotatable bonds is 5. The molecule has 3 aromatic carbocycles. The maximum Gasteiger partial charge on any atom is 0.166 e. The average Bonchev–Trinajstić information content (AvgIpc) is 3.64. The molecule has 1 saturated carbocycles. The number of likely N-dealkylation sites (tertiary alicyclic amines) is 1. The maximum atomic E-state index is 13.2. The Morgan fingerprint density at radius 2 is 1.85 bits per heavy atom. The van der Waals surface area contributed by atoms with E-state index in [0.29, 0.717) is 13.0 Å². The van der Waals surface area contributed by atoms with Crippen LogP contribution in [0.3, 0.4) is 0 Å². The van der Waals surface area contributed by atoms with Crippen LogP contribution < -0.4 is 9.47 Å². The summed E-state index contributed by atoms with van der Waals surface area (Å²) in [7, 11) is 2.17. The highest BCUT2D eigenvalue weighted by Gasteiger charge is 2.73. The van der Waals surface area contributed by atoms with Gasteiger partial charge in [-0.2, -0.15) is 0 Å². The van der Waals surface area contributed by atoms with Gasteiger partial charge in [-0.25, -0.2) is 0 Å². The third-order valence-electron chi connectivity index (χ3n) is 10.7. The number of aliphatic hydroxyl groups is 1. The Balaban J connectivity index is 1.25. The highest BCUT2D eigenvalue weighted by molar-refractivity contribution is 5.87. The molecule has 39 heavy (non-hydrogen) atoms. The van der Waals surface area contributed by atoms with E-state index in [1.165, 1.54) is 46.1 Å². The van der Waals surface area contributed by atoms with E-state index in [0.717, 1.165) is 48.9 Å². The molecule has 2 aliphatic heterocycles. The van der Waals surface area contributed by atoms with Crippen LogP contribution in [0.4, 0.5) is 0 Å². The molecular formula is C34H34N2O3. The lowest BCUT2D eigenvalue weighted by molar-refractivity contribution is -0.173. The molecule has 5 aliphatic rings. The Morgan fingerprint density at radius 3 is 2.69 bits per heavy atom. The lowest BCUT2D eigenvalue weighted by Gasteiger charge is -2.63. The quantitative estimate of drug-likeness (QED) is 0.381. The van der Waals surface area contributed by atoms with Crippen molar-refractivity contribution >= 4 is 10.9 Å². The zero-order valence-electron chi connectivity index (χ0n) is 22.4. The van der Waals surface area contributed by atoms with Crippen LogP contribution in [-0.2, 0) is 31.9 Å². The molecule has 2 fully saturated rings. The number of ether oxygens (including phenoxy) is 2. The van der Waals surface area contributed by atoms with E-state index in [4.69, 9.17) is 9.47 Å². The van der Waals surface area contributed by atoms with Gasteiger partial charge in [-0.1, -0.05) is 54.6 Å². The number of para-hydroxylation sites is 1. The first-order valence-electron chi connectivity index (χ1n) is 14.6. The first kappa shape index (κ1) is 22.5. The molecule has 0 amide bonds. The molecule has 1 saturated heterocycles. The van der Waals surface area contributed by atoms with Gasteiger partial charge in [0, 0.05) is 42.5 Å². The number of hydrogen-bond donors (Lipinski definition) is 1. The summed E-state index contributed by atoms with van der Waals surface area (Å²) in [5.41, 5.74) is 6.03. The van der Waals surface area contributed by atoms with Gasteiger partial charge in [-0.3, -0.25) is 4.90 Å². The monoisotopic (exact) mass is 518 g/mol. The number of aromatic nitrogens is 1. The normalized spacial score (nSPS) is 30.1. The lowest BCUT2D eigenvalue weighted by Crippen LogP contribution is -2.74. The van der Waals surface area contributed by atoms with Crippen LogP contribution in [-0.4, -0.2) is 39.3 Å². The second kappa shape index (κ2) is 7.67. The van der Waals surface area contributed by atoms with E-state index in [9.17, 15) is 5.11 Å². The molecule has 0 radical (unpaired) electrons. The zero-order valence-corrected chi connectivity index (χ0v) is 22.4. The molecule has 4 atom stereocenters. The maximum absolute atomic E-state index is 13.2. The topological polar surface area (TPSA) is 46.9 Å². The third-order valence-corrected chi connectivity index (χ3v) is 10.7. The fourth-order valence-corrected chi connectivity index (χ4v) is 8.77. The van der Waals surface area contributed by atoms with Gasteiger partial charge in [-0.15, -0.1) is 0 Å². The fourth-order valence-electron chi connectivity index (χ4n) is 8.77. The first-order chi connectivity index (χ1) is 19.1. The molecule has 3 aliphatic carbocycles. The summed E-state index contributed by atoms with van der Waals surface area (Å²) in [5.74, 6) is 2.45. The summed E-state index contributed by atoms with van der Waals surface area (Å²) in [4.78, 5) is 2.64. The van der Waals surface area contributed by atoms with Crippen LogP contribution in [0.2, 0.25) is 0 Å². The first-order valence-corrected chi connectivity index (χ1v) is 14.6. The van der Waals surface area contributed by atoms with Gasteiger partial charge in [0.25, 0.3) is 0 Å². The number of hydrogen-bond acceptors (Lipinski definition) is 4. The van der Waals surface area contributed by atoms with Crippen LogP contribution in [0.15, 0.2) is 66.7 Å². The molecule has 1 aromatic heterocycles. The molecule has 198 valence electrons. The highest BCUT2D eigenvalue weighted by atomic mass is 16.5. The number of nitrogens with zero attached hydrogens (tertiary/aromatic N) is 2. The number of fused-ring (bicyclic) bond motifs is 4. The second-order valence-corrected chi connectivity index (χ2v) is 12.6. The minimum absolute atomic E-state index is 0.0969. The van der Waals surface area contributed by atoms with Gasteiger partial charge in [-0.05, 0) is 67.0 Å². The molecule has 1 spiro atoms. The zero-order chi connectivity index (χ0) is 25.9. The summed E-state index contributed by atoms with van der Waals surface area (Å²) in [5, 5.41) is 14.4. The minimum Gasteiger partial charge on any atom is -0.485 e. The molecule has 3 heterocycles. The van der Waals surface area contributed by atoms with Gasteiger partial charge >= 0.3 is 0 Å². The predicted octanol–water partition coefficient (Wildman–Crippen LogP) is 5.46. The van der Waals surface area contributed by atoms with E-state index in [1.54, 1.807) is 0 Å². The van der Waals surface area contributed by atoms with Gasteiger partial charge in [0.2, 0.25) is 0 Å². The van der Waals surface area contributed by atoms with Crippen molar-refractivity contribution in [1.82, 2.24) is 9.47 Å². The van der Waals surface area contributed by atoms with E-state index < -0.39 is 11.0 Å². The fraction of sp³-hybridized carbons (Fsp3) is 0.412. The molecule has 2 bridgehead atoms. The standard InChI is InChI=1S/C34H34N2O3/c1-35-26-10-6-5-9-24(26)25-18-34(37)28-17-23-13-14-27(38-20-22-7-3-2-4-8-22)31-29(23)33(34,32(39-31)30(25)35)15-16-36(28)19-21-11-12-21/h2-10,13-14,21,28,32,37H,11-12,15-20H2,1H3/t28-,32+,33+,34-/m1/s1. The predicted molar refractivity (Wildman–Crippen MR) is 150 cm³/mol. The van der Waals surface area contributed by atoms with Gasteiger partial charge in [0.1, 0.15) is 6.61 Å². The van der Waals surface area contributed by atoms with Gasteiger partial charge < -0.3 is 19.1 Å². The van der Waals surface area contributed by atoms with Crippen LogP contribution >= 0.6 is 0 Å². The van der Waals surface area contributed by atoms with Crippen LogP contribution in [0.5, 0.6) is 11.5 Å². The second-order valence-electron chi connectivity index (χ2n) is 12.6. The van der Waals surface area contributed by atoms with Crippen molar-refractivity contribution in [2.75, 3.05) is 13.1 Å². The number of benzene rings is 3. The Labute approximate surface area is 229 Å². The third kappa shape index (κ3) is 2.82. The summed E-state index contributed by atoms with van der Waals surface area (Å²) in [6, 6.07) is 23.4. The average molecular weight is 519 g/mol.